The lowest BCUT2D eigenvalue weighted by Gasteiger charge is -2.34. The average molecular weight is 387 g/mol. The number of rotatable bonds is 6. The van der Waals surface area contributed by atoms with E-state index in [1.54, 1.807) is 23.5 Å². The second kappa shape index (κ2) is 7.95. The Bertz CT molecular complexity index is 742. The first-order valence-corrected chi connectivity index (χ1v) is 10.4. The standard InChI is InChI=1S/C16H19ClN2O3S2/c17-13-3-5-14(6-4-13)24(20,21)18-12-15(16-2-1-11-23-16)19-7-9-22-10-8-19/h1-6,11,15,18H,7-10,12H2/t15-/m0/s1. The predicted octanol–water partition coefficient (Wildman–Crippen LogP) is 2.75. The van der Waals surface area contributed by atoms with E-state index in [2.05, 4.69) is 9.62 Å². The fourth-order valence-electron chi connectivity index (χ4n) is 2.67. The zero-order chi connectivity index (χ0) is 17.0. The Morgan fingerprint density at radius 3 is 2.54 bits per heavy atom. The van der Waals surface area contributed by atoms with Gasteiger partial charge in [0.2, 0.25) is 10.0 Å². The number of nitrogens with zero attached hydrogens (tertiary/aromatic N) is 1. The molecule has 0 spiro atoms. The monoisotopic (exact) mass is 386 g/mol. The van der Waals surface area contributed by atoms with Crippen molar-refractivity contribution in [1.82, 2.24) is 9.62 Å². The highest BCUT2D eigenvalue weighted by Gasteiger charge is 2.25. The number of halogens is 1. The lowest BCUT2D eigenvalue weighted by atomic mass is 10.2. The van der Waals surface area contributed by atoms with E-state index in [1.807, 2.05) is 17.5 Å². The van der Waals surface area contributed by atoms with E-state index >= 15 is 0 Å². The van der Waals surface area contributed by atoms with Crippen molar-refractivity contribution in [3.63, 3.8) is 0 Å². The first-order chi connectivity index (χ1) is 11.6. The largest absolute Gasteiger partial charge is 0.379 e. The summed E-state index contributed by atoms with van der Waals surface area (Å²) in [6.07, 6.45) is 0. The van der Waals surface area contributed by atoms with Crippen molar-refractivity contribution in [2.75, 3.05) is 32.8 Å². The maximum Gasteiger partial charge on any atom is 0.240 e. The molecular formula is C16H19ClN2O3S2. The van der Waals surface area contributed by atoms with E-state index in [9.17, 15) is 8.42 Å². The molecule has 3 rings (SSSR count). The van der Waals surface area contributed by atoms with Gasteiger partial charge < -0.3 is 4.74 Å². The van der Waals surface area contributed by atoms with E-state index in [1.165, 1.54) is 12.1 Å². The van der Waals surface area contributed by atoms with Crippen molar-refractivity contribution in [3.05, 3.63) is 51.7 Å². The smallest absolute Gasteiger partial charge is 0.240 e. The molecule has 1 atom stereocenters. The highest BCUT2D eigenvalue weighted by molar-refractivity contribution is 7.89. The number of thiophene rings is 1. The fraction of sp³-hybridized carbons (Fsp3) is 0.375. The molecule has 0 unspecified atom stereocenters. The topological polar surface area (TPSA) is 58.6 Å². The van der Waals surface area contributed by atoms with Crippen LogP contribution in [-0.4, -0.2) is 46.2 Å². The molecule has 2 heterocycles. The van der Waals surface area contributed by atoms with Crippen molar-refractivity contribution in [2.45, 2.75) is 10.9 Å². The molecule has 1 N–H and O–H groups in total. The van der Waals surface area contributed by atoms with Crippen LogP contribution in [0.1, 0.15) is 10.9 Å². The molecule has 0 aliphatic carbocycles. The molecule has 0 saturated carbocycles. The highest BCUT2D eigenvalue weighted by atomic mass is 35.5. The molecule has 2 aromatic rings. The van der Waals surface area contributed by atoms with Crippen LogP contribution in [0.2, 0.25) is 5.02 Å². The van der Waals surface area contributed by atoms with E-state index in [0.717, 1.165) is 18.0 Å². The summed E-state index contributed by atoms with van der Waals surface area (Å²) in [7, 11) is -3.56. The number of nitrogens with one attached hydrogen (secondary N) is 1. The molecule has 24 heavy (non-hydrogen) atoms. The summed E-state index contributed by atoms with van der Waals surface area (Å²) in [5.74, 6) is 0. The molecule has 5 nitrogen and oxygen atoms in total. The van der Waals surface area contributed by atoms with Gasteiger partial charge in [-0.15, -0.1) is 11.3 Å². The SMILES string of the molecule is O=S(=O)(NC[C@@H](c1cccs1)N1CCOCC1)c1ccc(Cl)cc1. The van der Waals surface area contributed by atoms with E-state index < -0.39 is 10.0 Å². The van der Waals surface area contributed by atoms with Crippen molar-refractivity contribution in [1.29, 1.82) is 0 Å². The zero-order valence-corrected chi connectivity index (χ0v) is 15.4. The molecule has 1 saturated heterocycles. The minimum atomic E-state index is -3.56. The Balaban J connectivity index is 1.74. The molecular weight excluding hydrogens is 368 g/mol. The molecule has 1 fully saturated rings. The van der Waals surface area contributed by atoms with E-state index in [0.29, 0.717) is 24.8 Å². The molecule has 130 valence electrons. The van der Waals surface area contributed by atoms with Gasteiger partial charge in [0, 0.05) is 29.5 Å². The summed E-state index contributed by atoms with van der Waals surface area (Å²) < 4.78 is 33.2. The second-order valence-electron chi connectivity index (χ2n) is 5.49. The van der Waals surface area contributed by atoms with Gasteiger partial charge in [0.25, 0.3) is 0 Å². The van der Waals surface area contributed by atoms with Gasteiger partial charge in [0.05, 0.1) is 24.2 Å². The third-order valence-corrected chi connectivity index (χ3v) is 6.61. The Hall–Kier alpha value is -0.960. The van der Waals surface area contributed by atoms with E-state index in [-0.39, 0.29) is 10.9 Å². The quantitative estimate of drug-likeness (QED) is 0.829. The molecule has 1 aliphatic rings. The lowest BCUT2D eigenvalue weighted by molar-refractivity contribution is 0.0179. The molecule has 0 radical (unpaired) electrons. The number of benzene rings is 1. The number of ether oxygens (including phenoxy) is 1. The third kappa shape index (κ3) is 4.36. The lowest BCUT2D eigenvalue weighted by Crippen LogP contribution is -2.43. The van der Waals surface area contributed by atoms with Crippen molar-refractivity contribution in [3.8, 4) is 0 Å². The molecule has 8 heteroatoms. The van der Waals surface area contributed by atoms with Crippen LogP contribution in [0.15, 0.2) is 46.7 Å². The van der Waals surface area contributed by atoms with Gasteiger partial charge in [0.1, 0.15) is 0 Å². The minimum absolute atomic E-state index is 0.0102. The first kappa shape index (κ1) is 17.8. The summed E-state index contributed by atoms with van der Waals surface area (Å²) in [4.78, 5) is 3.63. The van der Waals surface area contributed by atoms with Crippen LogP contribution in [0, 0.1) is 0 Å². The summed E-state index contributed by atoms with van der Waals surface area (Å²) in [5.41, 5.74) is 0. The highest BCUT2D eigenvalue weighted by Crippen LogP contribution is 2.26. The Kier molecular flexibility index (Phi) is 5.91. The van der Waals surface area contributed by atoms with Crippen LogP contribution in [0.4, 0.5) is 0 Å². The van der Waals surface area contributed by atoms with Gasteiger partial charge in [0.15, 0.2) is 0 Å². The predicted molar refractivity (Wildman–Crippen MR) is 96.1 cm³/mol. The zero-order valence-electron chi connectivity index (χ0n) is 13.0. The van der Waals surface area contributed by atoms with Gasteiger partial charge >= 0.3 is 0 Å². The number of hydrogen-bond acceptors (Lipinski definition) is 5. The molecule has 1 aromatic carbocycles. The van der Waals surface area contributed by atoms with Crippen molar-refractivity contribution >= 4 is 33.0 Å². The van der Waals surface area contributed by atoms with E-state index in [4.69, 9.17) is 16.3 Å². The summed E-state index contributed by atoms with van der Waals surface area (Å²) in [5, 5.41) is 2.52. The van der Waals surface area contributed by atoms with Gasteiger partial charge in [-0.3, -0.25) is 4.90 Å². The van der Waals surface area contributed by atoms with Crippen LogP contribution in [-0.2, 0) is 14.8 Å². The van der Waals surface area contributed by atoms with Crippen molar-refractivity contribution < 1.29 is 13.2 Å². The number of morpholine rings is 1. The van der Waals surface area contributed by atoms with Gasteiger partial charge in [-0.2, -0.15) is 0 Å². The van der Waals surface area contributed by atoms with Crippen molar-refractivity contribution in [2.24, 2.45) is 0 Å². The third-order valence-electron chi connectivity index (χ3n) is 3.95. The molecule has 0 bridgehead atoms. The summed E-state index contributed by atoms with van der Waals surface area (Å²) in [6.45, 7) is 3.26. The van der Waals surface area contributed by atoms with Crippen LogP contribution in [0.25, 0.3) is 0 Å². The maximum atomic E-state index is 12.5. The van der Waals surface area contributed by atoms with Crippen LogP contribution in [0.5, 0.6) is 0 Å². The normalized spacial score (nSPS) is 17.7. The summed E-state index contributed by atoms with van der Waals surface area (Å²) >= 11 is 7.46. The average Bonchev–Trinajstić information content (AvgIpc) is 3.11. The molecule has 1 aliphatic heterocycles. The Morgan fingerprint density at radius 2 is 1.92 bits per heavy atom. The van der Waals surface area contributed by atoms with Gasteiger partial charge in [-0.05, 0) is 35.7 Å². The van der Waals surface area contributed by atoms with Crippen LogP contribution >= 0.6 is 22.9 Å². The number of sulfonamides is 1. The van der Waals surface area contributed by atoms with Crippen LogP contribution < -0.4 is 4.72 Å². The fourth-order valence-corrected chi connectivity index (χ4v) is 4.69. The second-order valence-corrected chi connectivity index (χ2v) is 8.67. The molecule has 1 aromatic heterocycles. The first-order valence-electron chi connectivity index (χ1n) is 7.67. The maximum absolute atomic E-state index is 12.5. The van der Waals surface area contributed by atoms with Gasteiger partial charge in [-0.1, -0.05) is 17.7 Å². The van der Waals surface area contributed by atoms with Gasteiger partial charge in [-0.25, -0.2) is 13.1 Å². The number of hydrogen-bond donors (Lipinski definition) is 1. The Labute approximate surface area is 151 Å². The molecule has 0 amide bonds. The van der Waals surface area contributed by atoms with Crippen LogP contribution in [0.3, 0.4) is 0 Å². The Morgan fingerprint density at radius 1 is 1.21 bits per heavy atom. The summed E-state index contributed by atoms with van der Waals surface area (Å²) in [6, 6.07) is 10.2. The minimum Gasteiger partial charge on any atom is -0.379 e.